The van der Waals surface area contributed by atoms with Crippen LogP contribution in [0.15, 0.2) is 53.7 Å². The molecule has 156 valence electrons. The number of nitrogens with one attached hydrogen (secondary N) is 2. The van der Waals surface area contributed by atoms with Gasteiger partial charge in [0.1, 0.15) is 11.6 Å². The third-order valence-corrected chi connectivity index (χ3v) is 5.05. The molecular formula is C22H31N5O2. The van der Waals surface area contributed by atoms with Crippen LogP contribution in [0.1, 0.15) is 31.4 Å². The number of nitrogens with zero attached hydrogens (tertiary/aromatic N) is 3. The van der Waals surface area contributed by atoms with Crippen molar-refractivity contribution in [3.63, 3.8) is 0 Å². The Morgan fingerprint density at radius 1 is 1.28 bits per heavy atom. The molecule has 1 aliphatic rings. The SMILES string of the molecule is CCNC(=NCC(O)c1cccc(OC)c1)NC1CCN(c2ccccn2)CC1. The first-order chi connectivity index (χ1) is 14.2. The zero-order valence-corrected chi connectivity index (χ0v) is 17.2. The van der Waals surface area contributed by atoms with Gasteiger partial charge in [-0.1, -0.05) is 18.2 Å². The molecule has 1 saturated heterocycles. The number of piperidine rings is 1. The molecule has 29 heavy (non-hydrogen) atoms. The van der Waals surface area contributed by atoms with Crippen LogP contribution in [0.5, 0.6) is 5.75 Å². The van der Waals surface area contributed by atoms with Crippen molar-refractivity contribution >= 4 is 11.8 Å². The fraction of sp³-hybridized carbons (Fsp3) is 0.455. The number of hydrogen-bond donors (Lipinski definition) is 3. The molecule has 0 radical (unpaired) electrons. The van der Waals surface area contributed by atoms with Gasteiger partial charge in [-0.3, -0.25) is 4.99 Å². The summed E-state index contributed by atoms with van der Waals surface area (Å²) in [6.07, 6.45) is 3.19. The van der Waals surface area contributed by atoms with Crippen molar-refractivity contribution < 1.29 is 9.84 Å². The van der Waals surface area contributed by atoms with Crippen molar-refractivity contribution in [3.05, 3.63) is 54.2 Å². The number of aliphatic hydroxyl groups is 1. The summed E-state index contributed by atoms with van der Waals surface area (Å²) in [5, 5.41) is 17.3. The molecule has 0 bridgehead atoms. The second-order valence-corrected chi connectivity index (χ2v) is 7.11. The van der Waals surface area contributed by atoms with Gasteiger partial charge in [0.25, 0.3) is 0 Å². The number of benzene rings is 1. The first-order valence-electron chi connectivity index (χ1n) is 10.2. The number of rotatable bonds is 7. The molecule has 1 aromatic carbocycles. The maximum atomic E-state index is 10.5. The minimum absolute atomic E-state index is 0.287. The van der Waals surface area contributed by atoms with E-state index in [4.69, 9.17) is 4.74 Å². The van der Waals surface area contributed by atoms with E-state index in [2.05, 4.69) is 31.6 Å². The van der Waals surface area contributed by atoms with Gasteiger partial charge in [-0.05, 0) is 49.6 Å². The van der Waals surface area contributed by atoms with Gasteiger partial charge in [-0.25, -0.2) is 4.98 Å². The van der Waals surface area contributed by atoms with Crippen LogP contribution in [0.2, 0.25) is 0 Å². The van der Waals surface area contributed by atoms with E-state index in [0.29, 0.717) is 6.04 Å². The molecule has 1 atom stereocenters. The van der Waals surface area contributed by atoms with Crippen LogP contribution in [0, 0.1) is 0 Å². The summed E-state index contributed by atoms with van der Waals surface area (Å²) in [5.74, 6) is 2.51. The Kier molecular flexibility index (Phi) is 7.69. The lowest BCUT2D eigenvalue weighted by Crippen LogP contribution is -2.49. The van der Waals surface area contributed by atoms with E-state index in [-0.39, 0.29) is 6.54 Å². The number of aliphatic imine (C=N–C) groups is 1. The van der Waals surface area contributed by atoms with E-state index in [1.54, 1.807) is 7.11 Å². The van der Waals surface area contributed by atoms with Crippen LogP contribution in [0.4, 0.5) is 5.82 Å². The summed E-state index contributed by atoms with van der Waals surface area (Å²) in [7, 11) is 1.62. The molecule has 2 heterocycles. The molecule has 1 unspecified atom stereocenters. The summed E-state index contributed by atoms with van der Waals surface area (Å²) in [5.41, 5.74) is 0.799. The highest BCUT2D eigenvalue weighted by Gasteiger charge is 2.21. The van der Waals surface area contributed by atoms with Gasteiger partial charge >= 0.3 is 0 Å². The monoisotopic (exact) mass is 397 g/mol. The third-order valence-electron chi connectivity index (χ3n) is 5.05. The average molecular weight is 398 g/mol. The number of guanidine groups is 1. The third kappa shape index (κ3) is 6.09. The van der Waals surface area contributed by atoms with Crippen LogP contribution >= 0.6 is 0 Å². The van der Waals surface area contributed by atoms with Crippen molar-refractivity contribution in [1.29, 1.82) is 0 Å². The molecule has 1 aromatic heterocycles. The van der Waals surface area contributed by atoms with Gasteiger partial charge in [-0.15, -0.1) is 0 Å². The Balaban J connectivity index is 1.54. The number of aromatic nitrogens is 1. The van der Waals surface area contributed by atoms with Gasteiger partial charge < -0.3 is 25.4 Å². The van der Waals surface area contributed by atoms with Crippen molar-refractivity contribution in [2.45, 2.75) is 31.9 Å². The van der Waals surface area contributed by atoms with Gasteiger partial charge in [0.15, 0.2) is 5.96 Å². The molecule has 3 N–H and O–H groups in total. The van der Waals surface area contributed by atoms with Gasteiger partial charge in [0, 0.05) is 31.9 Å². The maximum Gasteiger partial charge on any atom is 0.191 e. The standard InChI is InChI=1S/C22H31N5O2/c1-3-23-22(25-16-20(28)17-7-6-8-19(15-17)29-2)26-18-10-13-27(14-11-18)21-9-4-5-12-24-21/h4-9,12,15,18,20,28H,3,10-11,13-14,16H2,1-2H3,(H2,23,25,26). The molecule has 0 amide bonds. The highest BCUT2D eigenvalue weighted by atomic mass is 16.5. The average Bonchev–Trinajstić information content (AvgIpc) is 2.78. The van der Waals surface area contributed by atoms with Crippen LogP contribution in [-0.2, 0) is 0 Å². The highest BCUT2D eigenvalue weighted by molar-refractivity contribution is 5.80. The summed E-state index contributed by atoms with van der Waals surface area (Å²) < 4.78 is 5.23. The first kappa shape index (κ1) is 20.9. The Bertz CT molecular complexity index is 776. The van der Waals surface area contributed by atoms with Crippen LogP contribution < -0.4 is 20.3 Å². The van der Waals surface area contributed by atoms with Crippen molar-refractivity contribution in [2.24, 2.45) is 4.99 Å². The van der Waals surface area contributed by atoms with E-state index in [0.717, 1.165) is 55.6 Å². The predicted molar refractivity (Wildman–Crippen MR) is 117 cm³/mol. The molecule has 0 saturated carbocycles. The second-order valence-electron chi connectivity index (χ2n) is 7.11. The molecule has 1 aliphatic heterocycles. The topological polar surface area (TPSA) is 82.0 Å². The van der Waals surface area contributed by atoms with E-state index < -0.39 is 6.10 Å². The molecule has 7 nitrogen and oxygen atoms in total. The quantitative estimate of drug-likeness (QED) is 0.491. The predicted octanol–water partition coefficient (Wildman–Crippen LogP) is 2.35. The van der Waals surface area contributed by atoms with Gasteiger partial charge in [0.2, 0.25) is 0 Å². The lowest BCUT2D eigenvalue weighted by Gasteiger charge is -2.33. The first-order valence-corrected chi connectivity index (χ1v) is 10.2. The summed E-state index contributed by atoms with van der Waals surface area (Å²) in [6, 6.07) is 13.8. The Morgan fingerprint density at radius 3 is 2.79 bits per heavy atom. The van der Waals surface area contributed by atoms with Crippen LogP contribution in [0.3, 0.4) is 0 Å². The molecule has 3 rings (SSSR count). The van der Waals surface area contributed by atoms with Gasteiger partial charge in [0.05, 0.1) is 19.8 Å². The van der Waals surface area contributed by atoms with Crippen LogP contribution in [0.25, 0.3) is 0 Å². The second kappa shape index (κ2) is 10.7. The minimum Gasteiger partial charge on any atom is -0.497 e. The molecular weight excluding hydrogens is 366 g/mol. The fourth-order valence-electron chi connectivity index (χ4n) is 3.44. The molecule has 0 aliphatic carbocycles. The summed E-state index contributed by atoms with van der Waals surface area (Å²) in [6.45, 7) is 5.02. The minimum atomic E-state index is -0.674. The number of ether oxygens (including phenoxy) is 1. The van der Waals surface area contributed by atoms with Crippen molar-refractivity contribution in [1.82, 2.24) is 15.6 Å². The Morgan fingerprint density at radius 2 is 2.10 bits per heavy atom. The van der Waals surface area contributed by atoms with Crippen molar-refractivity contribution in [2.75, 3.05) is 38.2 Å². The van der Waals surface area contributed by atoms with E-state index in [1.807, 2.05) is 49.5 Å². The lowest BCUT2D eigenvalue weighted by atomic mass is 10.1. The van der Waals surface area contributed by atoms with Gasteiger partial charge in [-0.2, -0.15) is 0 Å². The largest absolute Gasteiger partial charge is 0.497 e. The number of pyridine rings is 1. The smallest absolute Gasteiger partial charge is 0.191 e. The van der Waals surface area contributed by atoms with Crippen LogP contribution in [-0.4, -0.2) is 55.4 Å². The summed E-state index contributed by atoms with van der Waals surface area (Å²) >= 11 is 0. The number of aliphatic hydroxyl groups excluding tert-OH is 1. The molecule has 2 aromatic rings. The molecule has 0 spiro atoms. The normalized spacial score (nSPS) is 16.4. The lowest BCUT2D eigenvalue weighted by molar-refractivity contribution is 0.186. The molecule has 1 fully saturated rings. The Hall–Kier alpha value is -2.80. The maximum absolute atomic E-state index is 10.5. The number of methoxy groups -OCH3 is 1. The zero-order valence-electron chi connectivity index (χ0n) is 17.2. The number of hydrogen-bond acceptors (Lipinski definition) is 5. The molecule has 7 heteroatoms. The summed E-state index contributed by atoms with van der Waals surface area (Å²) in [4.78, 5) is 11.3. The Labute approximate surface area is 172 Å². The van der Waals surface area contributed by atoms with Crippen molar-refractivity contribution in [3.8, 4) is 5.75 Å². The number of anilines is 1. The van der Waals surface area contributed by atoms with E-state index >= 15 is 0 Å². The van der Waals surface area contributed by atoms with E-state index in [1.165, 1.54) is 0 Å². The fourth-order valence-corrected chi connectivity index (χ4v) is 3.44. The van der Waals surface area contributed by atoms with E-state index in [9.17, 15) is 5.11 Å². The highest BCUT2D eigenvalue weighted by Crippen LogP contribution is 2.20. The zero-order chi connectivity index (χ0) is 20.5.